The van der Waals surface area contributed by atoms with Crippen LogP contribution in [0.3, 0.4) is 0 Å². The second kappa shape index (κ2) is 9.81. The number of thioether (sulfide) groups is 1. The number of halogens is 3. The lowest BCUT2D eigenvalue weighted by Crippen LogP contribution is -2.27. The van der Waals surface area contributed by atoms with E-state index in [1.807, 2.05) is 0 Å². The summed E-state index contributed by atoms with van der Waals surface area (Å²) in [7, 11) is 0. The lowest BCUT2D eigenvalue weighted by molar-refractivity contribution is -0.123. The average Bonchev–Trinajstić information content (AvgIpc) is 3.38. The highest BCUT2D eigenvalue weighted by molar-refractivity contribution is 8.18. The molecular weight excluding hydrogens is 516 g/mol. The molecule has 5 rings (SSSR count). The molecule has 0 saturated carbocycles. The van der Waals surface area contributed by atoms with Crippen molar-refractivity contribution in [1.82, 2.24) is 4.90 Å². The number of carbonyl (C=O) groups excluding carboxylic acids is 2. The van der Waals surface area contributed by atoms with Gasteiger partial charge in [0.05, 0.1) is 16.5 Å². The fraction of sp³-hybridized carbons (Fsp3) is 0.120. The summed E-state index contributed by atoms with van der Waals surface area (Å²) in [6.07, 6.45) is 1.61. The molecule has 2 aliphatic heterocycles. The van der Waals surface area contributed by atoms with Gasteiger partial charge in [0.15, 0.2) is 11.5 Å². The largest absolute Gasteiger partial charge is 0.489 e. The van der Waals surface area contributed by atoms with Gasteiger partial charge < -0.3 is 14.2 Å². The third kappa shape index (κ3) is 4.96. The van der Waals surface area contributed by atoms with Gasteiger partial charge in [0.1, 0.15) is 18.2 Å². The third-order valence-electron chi connectivity index (χ3n) is 5.34. The van der Waals surface area contributed by atoms with Crippen molar-refractivity contribution in [2.75, 3.05) is 6.79 Å². The topological polar surface area (TPSA) is 65.1 Å². The second-order valence-electron chi connectivity index (χ2n) is 7.63. The maximum Gasteiger partial charge on any atom is 0.293 e. The van der Waals surface area contributed by atoms with E-state index in [4.69, 9.17) is 37.4 Å². The van der Waals surface area contributed by atoms with Crippen molar-refractivity contribution in [1.29, 1.82) is 0 Å². The van der Waals surface area contributed by atoms with Crippen LogP contribution in [0.25, 0.3) is 6.08 Å². The lowest BCUT2D eigenvalue weighted by Gasteiger charge is -2.14. The molecule has 2 heterocycles. The van der Waals surface area contributed by atoms with Crippen molar-refractivity contribution in [3.63, 3.8) is 0 Å². The van der Waals surface area contributed by atoms with E-state index in [1.54, 1.807) is 48.5 Å². The first-order valence-electron chi connectivity index (χ1n) is 10.4. The van der Waals surface area contributed by atoms with E-state index < -0.39 is 17.0 Å². The Morgan fingerprint density at radius 3 is 2.60 bits per heavy atom. The van der Waals surface area contributed by atoms with Crippen molar-refractivity contribution >= 4 is 52.2 Å². The Hall–Kier alpha value is -3.20. The van der Waals surface area contributed by atoms with Gasteiger partial charge in [0.25, 0.3) is 11.1 Å². The SMILES string of the molecule is O=C1S/C(=C\c2cccc(OCc3c(F)cccc3Cl)c2)C(=O)N1Cc1cc2c(cc1Cl)OCO2. The minimum atomic E-state index is -0.454. The van der Waals surface area contributed by atoms with Crippen molar-refractivity contribution in [2.24, 2.45) is 0 Å². The number of hydrogen-bond donors (Lipinski definition) is 0. The van der Waals surface area contributed by atoms with Gasteiger partial charge in [-0.2, -0.15) is 0 Å². The van der Waals surface area contributed by atoms with Gasteiger partial charge in [-0.25, -0.2) is 4.39 Å². The van der Waals surface area contributed by atoms with E-state index in [9.17, 15) is 14.0 Å². The average molecular weight is 532 g/mol. The molecule has 3 aromatic carbocycles. The molecule has 1 fully saturated rings. The summed E-state index contributed by atoms with van der Waals surface area (Å²) < 4.78 is 30.3. The van der Waals surface area contributed by atoms with Gasteiger partial charge in [0.2, 0.25) is 6.79 Å². The van der Waals surface area contributed by atoms with Crippen LogP contribution in [-0.2, 0) is 17.9 Å². The van der Waals surface area contributed by atoms with Crippen LogP contribution in [-0.4, -0.2) is 22.8 Å². The molecule has 0 spiro atoms. The lowest BCUT2D eigenvalue weighted by atomic mass is 10.1. The number of ether oxygens (including phenoxy) is 3. The highest BCUT2D eigenvalue weighted by Gasteiger charge is 2.35. The van der Waals surface area contributed by atoms with Gasteiger partial charge >= 0.3 is 0 Å². The molecule has 35 heavy (non-hydrogen) atoms. The monoisotopic (exact) mass is 531 g/mol. The highest BCUT2D eigenvalue weighted by Crippen LogP contribution is 2.39. The van der Waals surface area contributed by atoms with Crippen LogP contribution in [0.5, 0.6) is 17.2 Å². The van der Waals surface area contributed by atoms with Crippen LogP contribution in [0.4, 0.5) is 9.18 Å². The molecule has 178 valence electrons. The molecule has 0 aliphatic carbocycles. The highest BCUT2D eigenvalue weighted by atomic mass is 35.5. The Labute approximate surface area is 214 Å². The molecule has 1 saturated heterocycles. The van der Waals surface area contributed by atoms with E-state index in [0.29, 0.717) is 33.4 Å². The van der Waals surface area contributed by atoms with Crippen molar-refractivity contribution in [3.8, 4) is 17.2 Å². The van der Waals surface area contributed by atoms with Crippen LogP contribution >= 0.6 is 35.0 Å². The normalized spacial score (nSPS) is 15.9. The Morgan fingerprint density at radius 2 is 1.80 bits per heavy atom. The van der Waals surface area contributed by atoms with Crippen LogP contribution in [0.1, 0.15) is 16.7 Å². The quantitative estimate of drug-likeness (QED) is 0.330. The van der Waals surface area contributed by atoms with Crippen LogP contribution < -0.4 is 14.2 Å². The summed E-state index contributed by atoms with van der Waals surface area (Å²) in [4.78, 5) is 26.9. The van der Waals surface area contributed by atoms with E-state index in [1.165, 1.54) is 12.1 Å². The van der Waals surface area contributed by atoms with Gasteiger partial charge in [-0.1, -0.05) is 41.4 Å². The van der Waals surface area contributed by atoms with Gasteiger partial charge in [-0.3, -0.25) is 14.5 Å². The number of imide groups is 1. The molecule has 6 nitrogen and oxygen atoms in total. The van der Waals surface area contributed by atoms with Crippen LogP contribution in [0, 0.1) is 5.82 Å². The van der Waals surface area contributed by atoms with E-state index >= 15 is 0 Å². The fourth-order valence-corrected chi connectivity index (χ4v) is 4.83. The summed E-state index contributed by atoms with van der Waals surface area (Å²) in [6.45, 7) is 0.0430. The van der Waals surface area contributed by atoms with Crippen molar-refractivity contribution in [3.05, 3.63) is 92.1 Å². The summed E-state index contributed by atoms with van der Waals surface area (Å²) in [5.41, 5.74) is 1.47. The van der Waals surface area contributed by atoms with Gasteiger partial charge in [0, 0.05) is 16.7 Å². The smallest absolute Gasteiger partial charge is 0.293 e. The van der Waals surface area contributed by atoms with E-state index in [0.717, 1.165) is 16.7 Å². The molecule has 10 heteroatoms. The predicted octanol–water partition coefficient (Wildman–Crippen LogP) is 6.68. The molecule has 2 aliphatic rings. The summed E-state index contributed by atoms with van der Waals surface area (Å²) >= 11 is 13.2. The first kappa shape index (κ1) is 23.5. The number of carbonyl (C=O) groups is 2. The zero-order chi connectivity index (χ0) is 24.5. The molecule has 0 N–H and O–H groups in total. The van der Waals surface area contributed by atoms with E-state index in [2.05, 4.69) is 0 Å². The number of amides is 2. The molecule has 0 radical (unpaired) electrons. The van der Waals surface area contributed by atoms with Crippen molar-refractivity contribution < 1.29 is 28.2 Å². The number of fused-ring (bicyclic) bond motifs is 1. The Balaban J connectivity index is 1.31. The zero-order valence-corrected chi connectivity index (χ0v) is 20.3. The number of rotatable bonds is 6. The predicted molar refractivity (Wildman–Crippen MR) is 131 cm³/mol. The minimum absolute atomic E-state index is 0.00400. The molecule has 0 aromatic heterocycles. The van der Waals surface area contributed by atoms with Crippen LogP contribution in [0.2, 0.25) is 10.0 Å². The van der Waals surface area contributed by atoms with Crippen LogP contribution in [0.15, 0.2) is 59.5 Å². The van der Waals surface area contributed by atoms with Gasteiger partial charge in [-0.05, 0) is 59.3 Å². The number of benzene rings is 3. The van der Waals surface area contributed by atoms with E-state index in [-0.39, 0.29) is 35.4 Å². The first-order valence-corrected chi connectivity index (χ1v) is 12.0. The molecule has 2 amide bonds. The minimum Gasteiger partial charge on any atom is -0.489 e. The zero-order valence-electron chi connectivity index (χ0n) is 17.9. The number of hydrogen-bond acceptors (Lipinski definition) is 6. The second-order valence-corrected chi connectivity index (χ2v) is 9.43. The maximum absolute atomic E-state index is 14.0. The Bertz CT molecular complexity index is 1360. The summed E-state index contributed by atoms with van der Waals surface area (Å²) in [6, 6.07) is 14.6. The molecule has 0 atom stereocenters. The Kier molecular flexibility index (Phi) is 6.60. The third-order valence-corrected chi connectivity index (χ3v) is 6.96. The molecule has 0 bridgehead atoms. The first-order chi connectivity index (χ1) is 16.9. The standard InChI is InChI=1S/C25H16Cl2FNO5S/c26-18-5-2-6-20(28)17(18)12-32-16-4-1-3-14(7-16)8-23-24(30)29(25(31)35-23)11-15-9-21-22(10-19(15)27)34-13-33-21/h1-10H,11-13H2/b23-8-. The summed E-state index contributed by atoms with van der Waals surface area (Å²) in [5.74, 6) is 0.611. The molecule has 0 unspecified atom stereocenters. The summed E-state index contributed by atoms with van der Waals surface area (Å²) in [5, 5.41) is 0.242. The fourth-order valence-electron chi connectivity index (χ4n) is 3.56. The Morgan fingerprint density at radius 1 is 1.03 bits per heavy atom. The van der Waals surface area contributed by atoms with Gasteiger partial charge in [-0.15, -0.1) is 0 Å². The maximum atomic E-state index is 14.0. The molecular formula is C25H16Cl2FNO5S. The van der Waals surface area contributed by atoms with Crippen molar-refractivity contribution in [2.45, 2.75) is 13.2 Å². The number of nitrogens with zero attached hydrogens (tertiary/aromatic N) is 1. The molecule has 3 aromatic rings.